The third-order valence-corrected chi connectivity index (χ3v) is 5.34. The molecular weight excluding hydrogens is 446 g/mol. The first-order valence-electron chi connectivity index (χ1n) is 9.96. The molecule has 172 valence electrons. The average Bonchev–Trinajstić information content (AvgIpc) is 3.26. The maximum absolute atomic E-state index is 10.9. The lowest BCUT2D eigenvalue weighted by Gasteiger charge is -2.26. The summed E-state index contributed by atoms with van der Waals surface area (Å²) < 4.78 is 39.1. The molecule has 0 N–H and O–H groups in total. The highest BCUT2D eigenvalue weighted by molar-refractivity contribution is 7.74. The molecule has 33 heavy (non-hydrogen) atoms. The molecule has 1 unspecified atom stereocenters. The van der Waals surface area contributed by atoms with Crippen LogP contribution in [0.2, 0.25) is 0 Å². The Hall–Kier alpha value is -3.54. The second kappa shape index (κ2) is 9.94. The third-order valence-electron chi connectivity index (χ3n) is 4.98. The number of aromatic nitrogens is 4. The van der Waals surface area contributed by atoms with Crippen LogP contribution in [0, 0.1) is 0 Å². The molecule has 4 aromatic rings. The summed E-state index contributed by atoms with van der Waals surface area (Å²) in [5.41, 5.74) is 4.48. The number of fused-ring (bicyclic) bond motifs is 1. The van der Waals surface area contributed by atoms with E-state index in [0.29, 0.717) is 22.7 Å². The predicted octanol–water partition coefficient (Wildman–Crippen LogP) is 3.00. The summed E-state index contributed by atoms with van der Waals surface area (Å²) in [4.78, 5) is 11.2. The van der Waals surface area contributed by atoms with Crippen LogP contribution in [-0.2, 0) is 22.6 Å². The van der Waals surface area contributed by atoms with E-state index in [0.717, 1.165) is 22.5 Å². The molecular formula is C22H22N5O5S-. The Balaban J connectivity index is 1.76. The summed E-state index contributed by atoms with van der Waals surface area (Å²) in [6, 6.07) is 11.1. The van der Waals surface area contributed by atoms with Gasteiger partial charge in [-0.25, -0.2) is 9.19 Å². The molecule has 0 aliphatic heterocycles. The number of hydrogen-bond acceptors (Lipinski definition) is 9. The number of benzene rings is 2. The molecule has 0 aliphatic carbocycles. The first-order chi connectivity index (χ1) is 16.0. The molecule has 4 rings (SSSR count). The van der Waals surface area contributed by atoms with Crippen LogP contribution >= 0.6 is 0 Å². The van der Waals surface area contributed by atoms with Gasteiger partial charge >= 0.3 is 0 Å². The van der Waals surface area contributed by atoms with Gasteiger partial charge in [0.15, 0.2) is 0 Å². The quantitative estimate of drug-likeness (QED) is 0.342. The van der Waals surface area contributed by atoms with Gasteiger partial charge in [-0.05, 0) is 18.2 Å². The Bertz CT molecular complexity index is 1270. The normalized spacial score (nSPS) is 12.0. The van der Waals surface area contributed by atoms with Crippen molar-refractivity contribution in [3.63, 3.8) is 0 Å². The molecule has 0 radical (unpaired) electrons. The highest BCUT2D eigenvalue weighted by Crippen LogP contribution is 2.34. The van der Waals surface area contributed by atoms with Gasteiger partial charge in [-0.15, -0.1) is 0 Å². The number of aryl methyl sites for hydroxylation is 1. The van der Waals surface area contributed by atoms with Crippen LogP contribution in [0.3, 0.4) is 0 Å². The monoisotopic (exact) mass is 468 g/mol. The SMILES string of the molecule is COc1cc(OC)cc(N(CCOS(=O)[O-])c2ccc3ncc(-c4cnn(C)c4)nc3c2)c1. The molecule has 0 spiro atoms. The van der Waals surface area contributed by atoms with Crippen molar-refractivity contribution in [3.8, 4) is 22.8 Å². The largest absolute Gasteiger partial charge is 0.750 e. The molecule has 11 heteroatoms. The van der Waals surface area contributed by atoms with Gasteiger partial charge in [-0.3, -0.25) is 13.8 Å². The molecule has 0 saturated heterocycles. The van der Waals surface area contributed by atoms with E-state index in [2.05, 4.69) is 10.1 Å². The molecule has 0 saturated carbocycles. The topological polar surface area (TPSA) is 115 Å². The van der Waals surface area contributed by atoms with Crippen molar-refractivity contribution in [2.24, 2.45) is 7.05 Å². The second-order valence-corrected chi connectivity index (χ2v) is 7.72. The highest BCUT2D eigenvalue weighted by atomic mass is 32.2. The molecule has 0 amide bonds. The Morgan fingerprint density at radius 2 is 1.79 bits per heavy atom. The van der Waals surface area contributed by atoms with Crippen molar-refractivity contribution in [3.05, 3.63) is 55.0 Å². The average molecular weight is 469 g/mol. The minimum absolute atomic E-state index is 0.0466. The van der Waals surface area contributed by atoms with E-state index in [9.17, 15) is 8.76 Å². The summed E-state index contributed by atoms with van der Waals surface area (Å²) in [5, 5.41) is 4.19. The van der Waals surface area contributed by atoms with Crippen LogP contribution in [0.1, 0.15) is 0 Å². The lowest BCUT2D eigenvalue weighted by Crippen LogP contribution is -2.23. The van der Waals surface area contributed by atoms with E-state index in [1.807, 2.05) is 48.5 Å². The van der Waals surface area contributed by atoms with Crippen LogP contribution in [0.5, 0.6) is 11.5 Å². The van der Waals surface area contributed by atoms with Crippen molar-refractivity contribution < 1.29 is 22.4 Å². The zero-order valence-corrected chi connectivity index (χ0v) is 19.1. The maximum Gasteiger partial charge on any atom is 0.124 e. The zero-order chi connectivity index (χ0) is 23.4. The fourth-order valence-electron chi connectivity index (χ4n) is 3.41. The Morgan fingerprint density at radius 3 is 2.42 bits per heavy atom. The molecule has 0 fully saturated rings. The van der Waals surface area contributed by atoms with Crippen LogP contribution in [-0.4, -0.2) is 55.9 Å². The van der Waals surface area contributed by atoms with Gasteiger partial charge in [-0.1, -0.05) is 0 Å². The lowest BCUT2D eigenvalue weighted by atomic mass is 10.2. The van der Waals surface area contributed by atoms with E-state index in [1.165, 1.54) is 0 Å². The van der Waals surface area contributed by atoms with E-state index in [-0.39, 0.29) is 13.2 Å². The number of anilines is 2. The fourth-order valence-corrected chi connectivity index (χ4v) is 3.62. The van der Waals surface area contributed by atoms with Gasteiger partial charge in [0, 0.05) is 54.9 Å². The lowest BCUT2D eigenvalue weighted by molar-refractivity contribution is 0.308. The van der Waals surface area contributed by atoms with E-state index in [4.69, 9.17) is 18.6 Å². The molecule has 0 bridgehead atoms. The molecule has 2 aromatic carbocycles. The number of methoxy groups -OCH3 is 2. The molecule has 1 atom stereocenters. The number of ether oxygens (including phenoxy) is 2. The van der Waals surface area contributed by atoms with Gasteiger partial charge in [0.2, 0.25) is 0 Å². The van der Waals surface area contributed by atoms with Crippen molar-refractivity contribution in [1.29, 1.82) is 0 Å². The van der Waals surface area contributed by atoms with E-state index >= 15 is 0 Å². The smallest absolute Gasteiger partial charge is 0.124 e. The molecule has 0 aliphatic rings. The van der Waals surface area contributed by atoms with Crippen LogP contribution in [0.4, 0.5) is 11.4 Å². The molecule has 2 aromatic heterocycles. The summed E-state index contributed by atoms with van der Waals surface area (Å²) in [7, 11) is 4.98. The minimum atomic E-state index is -2.61. The van der Waals surface area contributed by atoms with Gasteiger partial charge in [-0.2, -0.15) is 5.10 Å². The van der Waals surface area contributed by atoms with Crippen LogP contribution in [0.25, 0.3) is 22.3 Å². The first kappa shape index (κ1) is 22.6. The third kappa shape index (κ3) is 5.28. The van der Waals surface area contributed by atoms with Crippen LogP contribution < -0.4 is 14.4 Å². The van der Waals surface area contributed by atoms with Crippen molar-refractivity contribution in [1.82, 2.24) is 19.7 Å². The molecule has 2 heterocycles. The van der Waals surface area contributed by atoms with Crippen molar-refractivity contribution in [2.75, 3.05) is 32.3 Å². The van der Waals surface area contributed by atoms with Crippen molar-refractivity contribution in [2.45, 2.75) is 0 Å². The molecule has 10 nitrogen and oxygen atoms in total. The summed E-state index contributed by atoms with van der Waals surface area (Å²) in [5.74, 6) is 1.20. The Morgan fingerprint density at radius 1 is 1.03 bits per heavy atom. The standard InChI is InChI=1S/C22H23N5O5S/c1-26-14-15(12-24-26)22-13-23-20-5-4-16(10-21(20)25-22)27(6-7-32-33(28)29)17-8-18(30-2)11-19(9-17)31-3/h4-5,8-14H,6-7H2,1-3H3,(H,28,29)/p-1. The van der Waals surface area contributed by atoms with Gasteiger partial charge in [0.1, 0.15) is 11.5 Å². The zero-order valence-electron chi connectivity index (χ0n) is 18.3. The summed E-state index contributed by atoms with van der Waals surface area (Å²) in [6.45, 7) is 0.209. The first-order valence-corrected chi connectivity index (χ1v) is 11.0. The fraction of sp³-hybridized carbons (Fsp3) is 0.227. The van der Waals surface area contributed by atoms with Gasteiger partial charge in [0.25, 0.3) is 0 Å². The summed E-state index contributed by atoms with van der Waals surface area (Å²) >= 11 is -2.61. The van der Waals surface area contributed by atoms with Gasteiger partial charge < -0.3 is 18.9 Å². The highest BCUT2D eigenvalue weighted by Gasteiger charge is 2.15. The van der Waals surface area contributed by atoms with E-state index < -0.39 is 11.4 Å². The second-order valence-electron chi connectivity index (χ2n) is 7.08. The maximum atomic E-state index is 10.9. The van der Waals surface area contributed by atoms with Crippen LogP contribution in [0.15, 0.2) is 55.0 Å². The Kier molecular flexibility index (Phi) is 6.82. The minimum Gasteiger partial charge on any atom is -0.750 e. The number of nitrogens with zero attached hydrogens (tertiary/aromatic N) is 5. The Labute approximate surface area is 193 Å². The van der Waals surface area contributed by atoms with E-state index in [1.54, 1.807) is 37.4 Å². The van der Waals surface area contributed by atoms with Crippen molar-refractivity contribution >= 4 is 33.8 Å². The predicted molar refractivity (Wildman–Crippen MR) is 123 cm³/mol. The number of rotatable bonds is 9. The van der Waals surface area contributed by atoms with Gasteiger partial charge in [0.05, 0.1) is 61.3 Å². The number of hydrogen-bond donors (Lipinski definition) is 0. The summed E-state index contributed by atoms with van der Waals surface area (Å²) in [6.07, 6.45) is 5.31.